The van der Waals surface area contributed by atoms with Gasteiger partial charge in [0.1, 0.15) is 12.4 Å². The van der Waals surface area contributed by atoms with Crippen molar-refractivity contribution in [1.29, 1.82) is 5.26 Å². The molecule has 1 aliphatic rings. The summed E-state index contributed by atoms with van der Waals surface area (Å²) < 4.78 is 44.5. The summed E-state index contributed by atoms with van der Waals surface area (Å²) >= 11 is 7.75. The van der Waals surface area contributed by atoms with Crippen molar-refractivity contribution in [2.45, 2.75) is 50.1 Å². The van der Waals surface area contributed by atoms with E-state index >= 15 is 0 Å². The van der Waals surface area contributed by atoms with E-state index in [0.29, 0.717) is 22.9 Å². The van der Waals surface area contributed by atoms with Crippen LogP contribution in [0.1, 0.15) is 42.9 Å². The normalized spacial score (nSPS) is 18.5. The first kappa shape index (κ1) is 23.5. The van der Waals surface area contributed by atoms with Crippen LogP contribution in [0.5, 0.6) is 5.75 Å². The molecule has 31 heavy (non-hydrogen) atoms. The molecule has 0 saturated heterocycles. The Morgan fingerprint density at radius 2 is 1.94 bits per heavy atom. The van der Waals surface area contributed by atoms with Crippen LogP contribution < -0.4 is 4.74 Å². The number of rotatable bonds is 8. The molecule has 3 rings (SSSR count). The minimum Gasteiger partial charge on any atom is -0.492 e. The second-order valence-corrected chi connectivity index (χ2v) is 8.91. The number of nitriles is 1. The zero-order valence-electron chi connectivity index (χ0n) is 17.0. The van der Waals surface area contributed by atoms with Crippen LogP contribution in [-0.4, -0.2) is 22.9 Å². The van der Waals surface area contributed by atoms with E-state index in [0.717, 1.165) is 42.0 Å². The summed E-state index contributed by atoms with van der Waals surface area (Å²) in [5.41, 5.74) is 0.769. The van der Waals surface area contributed by atoms with Gasteiger partial charge in [-0.15, -0.1) is 0 Å². The molecule has 2 unspecified atom stereocenters. The van der Waals surface area contributed by atoms with Crippen molar-refractivity contribution in [3.8, 4) is 11.8 Å². The Balaban J connectivity index is 1.69. The van der Waals surface area contributed by atoms with Crippen molar-refractivity contribution in [3.05, 3.63) is 64.2 Å². The smallest absolute Gasteiger partial charge is 0.416 e. The van der Waals surface area contributed by atoms with Crippen LogP contribution in [0.2, 0.25) is 5.02 Å². The quantitative estimate of drug-likeness (QED) is 0.424. The van der Waals surface area contributed by atoms with E-state index in [1.807, 2.05) is 0 Å². The first-order valence-corrected chi connectivity index (χ1v) is 11.3. The van der Waals surface area contributed by atoms with Crippen LogP contribution >= 0.6 is 23.4 Å². The number of ether oxygens (including phenoxy) is 1. The van der Waals surface area contributed by atoms with E-state index < -0.39 is 11.7 Å². The third-order valence-corrected chi connectivity index (χ3v) is 6.67. The molecule has 1 aliphatic heterocycles. The van der Waals surface area contributed by atoms with Gasteiger partial charge in [0.15, 0.2) is 0 Å². The van der Waals surface area contributed by atoms with Crippen LogP contribution in [0, 0.1) is 11.3 Å². The van der Waals surface area contributed by atoms with E-state index in [1.54, 1.807) is 18.2 Å². The zero-order chi connectivity index (χ0) is 22.4. The highest BCUT2D eigenvalue weighted by Gasteiger charge is 2.33. The maximum absolute atomic E-state index is 12.8. The van der Waals surface area contributed by atoms with E-state index in [1.165, 1.54) is 23.9 Å². The van der Waals surface area contributed by atoms with Gasteiger partial charge in [0.05, 0.1) is 34.4 Å². The van der Waals surface area contributed by atoms with Gasteiger partial charge in [0.2, 0.25) is 0 Å². The fourth-order valence-electron chi connectivity index (χ4n) is 3.26. The average molecular weight is 467 g/mol. The van der Waals surface area contributed by atoms with Crippen LogP contribution in [0.15, 0.2) is 47.5 Å². The molecular weight excluding hydrogens is 445 g/mol. The minimum absolute atomic E-state index is 0.0376. The number of nitrogens with zero attached hydrogens (tertiary/aromatic N) is 2. The second kappa shape index (κ2) is 10.4. The molecule has 0 amide bonds. The van der Waals surface area contributed by atoms with Crippen LogP contribution in [0.25, 0.3) is 0 Å². The molecule has 0 spiro atoms. The van der Waals surface area contributed by atoms with E-state index in [9.17, 15) is 13.2 Å². The van der Waals surface area contributed by atoms with E-state index in [4.69, 9.17) is 26.6 Å². The summed E-state index contributed by atoms with van der Waals surface area (Å²) in [6.07, 6.45) is -1.17. The number of aliphatic imine (C=N–C) groups is 1. The number of hydrogen-bond donors (Lipinski definition) is 0. The van der Waals surface area contributed by atoms with Crippen molar-refractivity contribution in [2.75, 3.05) is 6.61 Å². The Hall–Kier alpha value is -2.17. The molecule has 1 heterocycles. The highest BCUT2D eigenvalue weighted by atomic mass is 35.5. The summed E-state index contributed by atoms with van der Waals surface area (Å²) in [4.78, 5) is 4.79. The maximum atomic E-state index is 12.8. The number of hydrogen-bond acceptors (Lipinski definition) is 4. The molecule has 0 N–H and O–H groups in total. The Labute approximate surface area is 189 Å². The predicted molar refractivity (Wildman–Crippen MR) is 119 cm³/mol. The van der Waals surface area contributed by atoms with Gasteiger partial charge in [-0.05, 0) is 36.2 Å². The lowest BCUT2D eigenvalue weighted by atomic mass is 10.1. The van der Waals surface area contributed by atoms with Gasteiger partial charge in [0, 0.05) is 10.6 Å². The second-order valence-electron chi connectivity index (χ2n) is 7.27. The molecule has 2 atom stereocenters. The topological polar surface area (TPSA) is 45.4 Å². The molecule has 0 aromatic heterocycles. The van der Waals surface area contributed by atoms with Gasteiger partial charge in [-0.1, -0.05) is 61.3 Å². The standard InChI is InChI=1S/C23H22ClF3N2OS/c1-2-3-4-20-21(14-30-18-10-7-15(11-12-28)19(24)13-18)31-22(29-20)16-5-8-17(9-6-16)23(25,26)27/h5-10,13,20-21H,2-4,11,14H2,1H3. The number of halogens is 4. The lowest BCUT2D eigenvalue weighted by Crippen LogP contribution is -2.24. The molecule has 164 valence electrons. The summed E-state index contributed by atoms with van der Waals surface area (Å²) in [5.74, 6) is 0.615. The monoisotopic (exact) mass is 466 g/mol. The van der Waals surface area contributed by atoms with Gasteiger partial charge in [-0.2, -0.15) is 18.4 Å². The average Bonchev–Trinajstić information content (AvgIpc) is 3.15. The van der Waals surface area contributed by atoms with Crippen molar-refractivity contribution >= 4 is 28.4 Å². The van der Waals surface area contributed by atoms with Crippen molar-refractivity contribution in [1.82, 2.24) is 0 Å². The number of unbranched alkanes of at least 4 members (excludes halogenated alkanes) is 1. The van der Waals surface area contributed by atoms with E-state index in [2.05, 4.69) is 13.0 Å². The van der Waals surface area contributed by atoms with Gasteiger partial charge in [-0.25, -0.2) is 0 Å². The molecule has 2 aromatic rings. The SMILES string of the molecule is CCCCC1N=C(c2ccc(C(F)(F)F)cc2)SC1COc1ccc(CC#N)c(Cl)c1. The highest BCUT2D eigenvalue weighted by Crippen LogP contribution is 2.35. The number of benzene rings is 2. The molecule has 0 saturated carbocycles. The molecule has 8 heteroatoms. The van der Waals surface area contributed by atoms with Crippen molar-refractivity contribution in [3.63, 3.8) is 0 Å². The van der Waals surface area contributed by atoms with Gasteiger partial charge >= 0.3 is 6.18 Å². The van der Waals surface area contributed by atoms with Gasteiger partial charge < -0.3 is 4.74 Å². The number of thioether (sulfide) groups is 1. The Morgan fingerprint density at radius 1 is 1.19 bits per heavy atom. The maximum Gasteiger partial charge on any atom is 0.416 e. The van der Waals surface area contributed by atoms with Gasteiger partial charge in [-0.3, -0.25) is 4.99 Å². The molecule has 0 fully saturated rings. The van der Waals surface area contributed by atoms with Crippen LogP contribution in [0.3, 0.4) is 0 Å². The first-order valence-electron chi connectivity index (χ1n) is 10.0. The van der Waals surface area contributed by atoms with Gasteiger partial charge in [0.25, 0.3) is 0 Å². The Morgan fingerprint density at radius 3 is 2.55 bits per heavy atom. The predicted octanol–water partition coefficient (Wildman–Crippen LogP) is 6.92. The lowest BCUT2D eigenvalue weighted by molar-refractivity contribution is -0.137. The molecule has 0 radical (unpaired) electrons. The lowest BCUT2D eigenvalue weighted by Gasteiger charge is -2.18. The molecule has 0 aliphatic carbocycles. The summed E-state index contributed by atoms with van der Waals surface area (Å²) in [6.45, 7) is 2.51. The summed E-state index contributed by atoms with van der Waals surface area (Å²) in [6, 6.07) is 12.5. The minimum atomic E-state index is -4.35. The fraction of sp³-hybridized carbons (Fsp3) is 0.391. The van der Waals surface area contributed by atoms with Crippen molar-refractivity contribution in [2.24, 2.45) is 4.99 Å². The first-order chi connectivity index (χ1) is 14.8. The Kier molecular flexibility index (Phi) is 7.90. The molecule has 2 aromatic carbocycles. The Bertz CT molecular complexity index is 970. The third kappa shape index (κ3) is 6.18. The van der Waals surface area contributed by atoms with Crippen LogP contribution in [0.4, 0.5) is 13.2 Å². The summed E-state index contributed by atoms with van der Waals surface area (Å²) in [7, 11) is 0. The zero-order valence-corrected chi connectivity index (χ0v) is 18.5. The third-order valence-electron chi connectivity index (χ3n) is 5.00. The fourth-order valence-corrected chi connectivity index (χ4v) is 4.75. The molecule has 3 nitrogen and oxygen atoms in total. The summed E-state index contributed by atoms with van der Waals surface area (Å²) in [5, 5.41) is 10.1. The van der Waals surface area contributed by atoms with E-state index in [-0.39, 0.29) is 17.7 Å². The molecular formula is C23H22ClF3N2OS. The molecule has 0 bridgehead atoms. The number of alkyl halides is 3. The highest BCUT2D eigenvalue weighted by molar-refractivity contribution is 8.15. The van der Waals surface area contributed by atoms with Crippen LogP contribution in [-0.2, 0) is 12.6 Å². The largest absolute Gasteiger partial charge is 0.492 e. The van der Waals surface area contributed by atoms with Crippen molar-refractivity contribution < 1.29 is 17.9 Å².